The van der Waals surface area contributed by atoms with E-state index in [2.05, 4.69) is 4.37 Å². The number of rotatable bonds is 4. The number of carbonyl (C=O) groups excluding carboxylic acids is 1. The molecule has 0 saturated carbocycles. The quantitative estimate of drug-likeness (QED) is 0.637. The van der Waals surface area contributed by atoms with Gasteiger partial charge in [0.1, 0.15) is 5.56 Å². The zero-order chi connectivity index (χ0) is 16.2. The third kappa shape index (κ3) is 3.17. The minimum absolute atomic E-state index is 0.323. The molecule has 0 N–H and O–H groups in total. The molecule has 0 aliphatic rings. The fourth-order valence-electron chi connectivity index (χ4n) is 2.38. The number of aryl methyl sites for hydroxylation is 1. The minimum atomic E-state index is -0.323. The van der Waals surface area contributed by atoms with E-state index in [1.165, 1.54) is 17.1 Å². The first kappa shape index (κ1) is 15.4. The van der Waals surface area contributed by atoms with Crippen molar-refractivity contribution in [2.75, 3.05) is 6.61 Å². The van der Waals surface area contributed by atoms with Gasteiger partial charge in [-0.15, -0.1) is 0 Å². The van der Waals surface area contributed by atoms with Crippen LogP contribution in [0, 0.1) is 6.92 Å². The Bertz CT molecular complexity index is 807. The number of hydrogen-bond acceptors (Lipinski definition) is 4. The van der Waals surface area contributed by atoms with Gasteiger partial charge in [-0.2, -0.15) is 4.37 Å². The molecule has 0 unspecified atom stereocenters. The van der Waals surface area contributed by atoms with E-state index in [-0.39, 0.29) is 5.97 Å². The highest BCUT2D eigenvalue weighted by molar-refractivity contribution is 7.10. The molecule has 0 radical (unpaired) electrons. The predicted octanol–water partition coefficient (Wildman–Crippen LogP) is 4.96. The summed E-state index contributed by atoms with van der Waals surface area (Å²) in [5.74, 6) is -0.323. The van der Waals surface area contributed by atoms with Crippen LogP contribution in [0.1, 0.15) is 22.8 Å². The van der Waals surface area contributed by atoms with Crippen molar-refractivity contribution in [2.45, 2.75) is 13.8 Å². The maximum absolute atomic E-state index is 12.5. The number of aromatic nitrogens is 1. The number of carbonyl (C=O) groups is 1. The van der Waals surface area contributed by atoms with Gasteiger partial charge in [0.2, 0.25) is 0 Å². The first-order valence-electron chi connectivity index (χ1n) is 7.50. The lowest BCUT2D eigenvalue weighted by Gasteiger charge is -2.06. The second-order valence-electron chi connectivity index (χ2n) is 5.19. The molecule has 1 aromatic heterocycles. The van der Waals surface area contributed by atoms with E-state index in [9.17, 15) is 4.79 Å². The lowest BCUT2D eigenvalue weighted by atomic mass is 10.0. The molecule has 1 heterocycles. The van der Waals surface area contributed by atoms with Crippen LogP contribution in [0.3, 0.4) is 0 Å². The van der Waals surface area contributed by atoms with Crippen LogP contribution in [0.4, 0.5) is 0 Å². The van der Waals surface area contributed by atoms with Gasteiger partial charge in [-0.3, -0.25) is 0 Å². The summed E-state index contributed by atoms with van der Waals surface area (Å²) in [6.07, 6.45) is 0. The summed E-state index contributed by atoms with van der Waals surface area (Å²) in [5.41, 5.74) is 4.32. The summed E-state index contributed by atoms with van der Waals surface area (Å²) in [5, 5.41) is 0. The smallest absolute Gasteiger partial charge is 0.341 e. The number of nitrogens with zero attached hydrogens (tertiary/aromatic N) is 1. The Morgan fingerprint density at radius 2 is 1.74 bits per heavy atom. The van der Waals surface area contributed by atoms with Crippen LogP contribution in [-0.4, -0.2) is 16.9 Å². The first-order chi connectivity index (χ1) is 11.2. The predicted molar refractivity (Wildman–Crippen MR) is 93.7 cm³/mol. The fraction of sp³-hybridized carbons (Fsp3) is 0.158. The normalized spacial score (nSPS) is 10.5. The van der Waals surface area contributed by atoms with Gasteiger partial charge in [0.15, 0.2) is 0 Å². The average Bonchev–Trinajstić information content (AvgIpc) is 3.01. The van der Waals surface area contributed by atoms with Crippen LogP contribution in [0.25, 0.3) is 21.7 Å². The number of hydrogen-bond donors (Lipinski definition) is 0. The molecule has 3 nitrogen and oxygen atoms in total. The van der Waals surface area contributed by atoms with Gasteiger partial charge in [0.25, 0.3) is 0 Å². The van der Waals surface area contributed by atoms with Gasteiger partial charge in [-0.1, -0.05) is 60.2 Å². The summed E-state index contributed by atoms with van der Waals surface area (Å²) >= 11 is 1.33. The van der Waals surface area contributed by atoms with E-state index < -0.39 is 0 Å². The van der Waals surface area contributed by atoms with Crippen LogP contribution in [-0.2, 0) is 4.74 Å². The maximum Gasteiger partial charge on any atom is 0.341 e. The van der Waals surface area contributed by atoms with Crippen molar-refractivity contribution in [3.63, 3.8) is 0 Å². The molecule has 0 spiro atoms. The van der Waals surface area contributed by atoms with E-state index in [4.69, 9.17) is 4.74 Å². The highest BCUT2D eigenvalue weighted by atomic mass is 32.1. The molecule has 0 amide bonds. The van der Waals surface area contributed by atoms with E-state index >= 15 is 0 Å². The lowest BCUT2D eigenvalue weighted by molar-refractivity contribution is 0.0528. The summed E-state index contributed by atoms with van der Waals surface area (Å²) in [4.78, 5) is 13.4. The molecule has 0 bridgehead atoms. The molecule has 0 aliphatic carbocycles. The van der Waals surface area contributed by atoms with Gasteiger partial charge < -0.3 is 4.74 Å². The van der Waals surface area contributed by atoms with Crippen molar-refractivity contribution in [3.05, 3.63) is 65.7 Å². The average molecular weight is 323 g/mol. The highest BCUT2D eigenvalue weighted by Crippen LogP contribution is 2.36. The number of benzene rings is 2. The van der Waals surface area contributed by atoms with Crippen LogP contribution >= 0.6 is 11.5 Å². The Labute approximate surface area is 139 Å². The Hall–Kier alpha value is -2.46. The fourth-order valence-corrected chi connectivity index (χ4v) is 3.27. The Kier molecular flexibility index (Phi) is 4.53. The van der Waals surface area contributed by atoms with Crippen molar-refractivity contribution in [1.82, 2.24) is 4.37 Å². The summed E-state index contributed by atoms with van der Waals surface area (Å²) < 4.78 is 9.79. The Morgan fingerprint density at radius 3 is 2.39 bits per heavy atom. The van der Waals surface area contributed by atoms with E-state index in [1.807, 2.05) is 68.4 Å². The summed E-state index contributed by atoms with van der Waals surface area (Å²) in [6, 6.07) is 17.8. The van der Waals surface area contributed by atoms with Gasteiger partial charge in [0, 0.05) is 5.56 Å². The van der Waals surface area contributed by atoms with Crippen LogP contribution in [0.15, 0.2) is 54.6 Å². The largest absolute Gasteiger partial charge is 0.462 e. The Morgan fingerprint density at radius 1 is 1.04 bits per heavy atom. The zero-order valence-electron chi connectivity index (χ0n) is 13.1. The maximum atomic E-state index is 12.5. The van der Waals surface area contributed by atoms with Crippen molar-refractivity contribution < 1.29 is 9.53 Å². The summed E-state index contributed by atoms with van der Waals surface area (Å²) in [6.45, 7) is 4.19. The van der Waals surface area contributed by atoms with E-state index in [0.717, 1.165) is 16.0 Å². The van der Waals surface area contributed by atoms with Crippen molar-refractivity contribution in [3.8, 4) is 21.7 Å². The monoisotopic (exact) mass is 323 g/mol. The van der Waals surface area contributed by atoms with Crippen molar-refractivity contribution in [1.29, 1.82) is 0 Å². The van der Waals surface area contributed by atoms with Crippen LogP contribution in [0.2, 0.25) is 0 Å². The summed E-state index contributed by atoms with van der Waals surface area (Å²) in [7, 11) is 0. The van der Waals surface area contributed by atoms with E-state index in [0.29, 0.717) is 17.9 Å². The first-order valence-corrected chi connectivity index (χ1v) is 8.27. The molecular formula is C19H17NO2S. The molecule has 23 heavy (non-hydrogen) atoms. The van der Waals surface area contributed by atoms with Crippen molar-refractivity contribution in [2.24, 2.45) is 0 Å². The molecule has 4 heteroatoms. The Balaban J connectivity index is 2.15. The molecule has 0 saturated heterocycles. The van der Waals surface area contributed by atoms with Crippen LogP contribution < -0.4 is 0 Å². The minimum Gasteiger partial charge on any atom is -0.462 e. The molecular weight excluding hydrogens is 306 g/mol. The molecule has 0 aliphatic heterocycles. The standard InChI is InChI=1S/C19H17NO2S/c1-3-22-19(21)16-17(14-7-5-4-6-8-14)20-23-18(16)15-11-9-13(2)10-12-15/h4-12H,3H2,1-2H3. The number of ether oxygens (including phenoxy) is 1. The third-order valence-corrected chi connectivity index (χ3v) is 4.43. The van der Waals surface area contributed by atoms with Gasteiger partial charge in [-0.25, -0.2) is 4.79 Å². The SMILES string of the molecule is CCOC(=O)c1c(-c2ccccc2)nsc1-c1ccc(C)cc1. The van der Waals surface area contributed by atoms with E-state index in [1.54, 1.807) is 0 Å². The van der Waals surface area contributed by atoms with Crippen molar-refractivity contribution >= 4 is 17.5 Å². The topological polar surface area (TPSA) is 39.2 Å². The molecule has 3 aromatic rings. The number of esters is 1. The second-order valence-corrected chi connectivity index (χ2v) is 5.96. The second kappa shape index (κ2) is 6.75. The highest BCUT2D eigenvalue weighted by Gasteiger charge is 2.23. The molecule has 0 atom stereocenters. The molecule has 0 fully saturated rings. The zero-order valence-corrected chi connectivity index (χ0v) is 13.9. The van der Waals surface area contributed by atoms with Crippen LogP contribution in [0.5, 0.6) is 0 Å². The third-order valence-electron chi connectivity index (χ3n) is 3.53. The van der Waals surface area contributed by atoms with Gasteiger partial charge in [0.05, 0.1) is 17.2 Å². The molecule has 2 aromatic carbocycles. The molecule has 3 rings (SSSR count). The molecule has 116 valence electrons. The lowest BCUT2D eigenvalue weighted by Crippen LogP contribution is -2.06. The van der Waals surface area contributed by atoms with Gasteiger partial charge in [-0.05, 0) is 30.9 Å². The van der Waals surface area contributed by atoms with Gasteiger partial charge >= 0.3 is 5.97 Å².